The Morgan fingerprint density at radius 2 is 2.19 bits per heavy atom. The van der Waals surface area contributed by atoms with Gasteiger partial charge in [0.1, 0.15) is 5.82 Å². The average Bonchev–Trinajstić information content (AvgIpc) is 2.83. The molecule has 0 aliphatic heterocycles. The van der Waals surface area contributed by atoms with Crippen LogP contribution in [0, 0.1) is 12.7 Å². The van der Waals surface area contributed by atoms with Gasteiger partial charge in [-0.3, -0.25) is 0 Å². The Bertz CT molecular complexity index is 595. The van der Waals surface area contributed by atoms with Crippen molar-refractivity contribution in [3.63, 3.8) is 0 Å². The van der Waals surface area contributed by atoms with Crippen LogP contribution in [0.25, 0.3) is 0 Å². The zero-order valence-electron chi connectivity index (χ0n) is 12.8. The van der Waals surface area contributed by atoms with Gasteiger partial charge in [-0.05, 0) is 26.0 Å². The van der Waals surface area contributed by atoms with E-state index < -0.39 is 0 Å². The van der Waals surface area contributed by atoms with Crippen molar-refractivity contribution in [3.8, 4) is 5.75 Å². The standard InChI is InChI=1S/C16H22FN3O/c1-4-8-18-9-14-10-19-12(2)20(14)11-13-6-5-7-15(21-3)16(13)17/h5-7,10,18H,4,8-9,11H2,1-3H3. The van der Waals surface area contributed by atoms with Crippen molar-refractivity contribution < 1.29 is 9.13 Å². The van der Waals surface area contributed by atoms with Gasteiger partial charge in [0.2, 0.25) is 0 Å². The van der Waals surface area contributed by atoms with E-state index in [1.807, 2.05) is 17.7 Å². The van der Waals surface area contributed by atoms with Crippen LogP contribution in [-0.2, 0) is 13.1 Å². The molecule has 0 radical (unpaired) electrons. The number of imidazole rings is 1. The van der Waals surface area contributed by atoms with Crippen LogP contribution < -0.4 is 10.1 Å². The first-order valence-corrected chi connectivity index (χ1v) is 7.20. The van der Waals surface area contributed by atoms with E-state index >= 15 is 0 Å². The van der Waals surface area contributed by atoms with E-state index in [1.165, 1.54) is 7.11 Å². The minimum atomic E-state index is -0.305. The number of rotatable bonds is 7. The van der Waals surface area contributed by atoms with Crippen molar-refractivity contribution in [3.05, 3.63) is 47.3 Å². The number of hydrogen-bond acceptors (Lipinski definition) is 3. The average molecular weight is 291 g/mol. The summed E-state index contributed by atoms with van der Waals surface area (Å²) < 4.78 is 21.3. The Morgan fingerprint density at radius 3 is 2.90 bits per heavy atom. The van der Waals surface area contributed by atoms with Crippen LogP contribution in [0.1, 0.15) is 30.4 Å². The summed E-state index contributed by atoms with van der Waals surface area (Å²) in [6.07, 6.45) is 2.92. The van der Waals surface area contributed by atoms with Crippen LogP contribution in [0.4, 0.5) is 4.39 Å². The number of nitrogens with zero attached hydrogens (tertiary/aromatic N) is 2. The number of aryl methyl sites for hydroxylation is 1. The molecule has 4 nitrogen and oxygen atoms in total. The predicted octanol–water partition coefficient (Wildman–Crippen LogP) is 2.89. The van der Waals surface area contributed by atoms with Gasteiger partial charge in [-0.2, -0.15) is 0 Å². The third-order valence-corrected chi connectivity index (χ3v) is 3.46. The Morgan fingerprint density at radius 1 is 1.38 bits per heavy atom. The monoisotopic (exact) mass is 291 g/mol. The van der Waals surface area contributed by atoms with Crippen LogP contribution in [0.2, 0.25) is 0 Å². The lowest BCUT2D eigenvalue weighted by Crippen LogP contribution is -2.18. The summed E-state index contributed by atoms with van der Waals surface area (Å²) in [6.45, 7) is 6.21. The molecular formula is C16H22FN3O. The van der Waals surface area contributed by atoms with Gasteiger partial charge < -0.3 is 14.6 Å². The normalized spacial score (nSPS) is 10.9. The maximum absolute atomic E-state index is 14.3. The van der Waals surface area contributed by atoms with Gasteiger partial charge in [0.15, 0.2) is 11.6 Å². The summed E-state index contributed by atoms with van der Waals surface area (Å²) in [5, 5.41) is 3.35. The Balaban J connectivity index is 2.21. The molecule has 2 aromatic rings. The van der Waals surface area contributed by atoms with Crippen LogP contribution in [0.3, 0.4) is 0 Å². The SMILES string of the molecule is CCCNCc1cnc(C)n1Cc1cccc(OC)c1F. The van der Waals surface area contributed by atoms with Gasteiger partial charge in [-0.15, -0.1) is 0 Å². The quantitative estimate of drug-likeness (QED) is 0.797. The summed E-state index contributed by atoms with van der Waals surface area (Å²) in [4.78, 5) is 4.33. The summed E-state index contributed by atoms with van der Waals surface area (Å²) >= 11 is 0. The maximum atomic E-state index is 14.3. The fourth-order valence-electron chi connectivity index (χ4n) is 2.27. The van der Waals surface area contributed by atoms with Crippen molar-refractivity contribution in [2.45, 2.75) is 33.4 Å². The Hall–Kier alpha value is -1.88. The second-order valence-electron chi connectivity index (χ2n) is 4.99. The molecule has 1 aromatic carbocycles. The Kier molecular flexibility index (Phi) is 5.33. The van der Waals surface area contributed by atoms with Crippen molar-refractivity contribution in [2.24, 2.45) is 0 Å². The van der Waals surface area contributed by atoms with Crippen molar-refractivity contribution in [2.75, 3.05) is 13.7 Å². The van der Waals surface area contributed by atoms with E-state index in [4.69, 9.17) is 4.74 Å². The van der Waals surface area contributed by atoms with E-state index in [9.17, 15) is 4.39 Å². The number of hydrogen-bond donors (Lipinski definition) is 1. The minimum Gasteiger partial charge on any atom is -0.494 e. The van der Waals surface area contributed by atoms with Gasteiger partial charge in [0, 0.05) is 18.3 Å². The lowest BCUT2D eigenvalue weighted by molar-refractivity contribution is 0.383. The third-order valence-electron chi connectivity index (χ3n) is 3.46. The lowest BCUT2D eigenvalue weighted by Gasteiger charge is -2.13. The van der Waals surface area contributed by atoms with Gasteiger partial charge in [-0.25, -0.2) is 9.37 Å². The molecule has 0 saturated carbocycles. The molecule has 0 aliphatic carbocycles. The van der Waals surface area contributed by atoms with Crippen LogP contribution in [-0.4, -0.2) is 23.2 Å². The van der Waals surface area contributed by atoms with Crippen LogP contribution in [0.5, 0.6) is 5.75 Å². The zero-order chi connectivity index (χ0) is 15.2. The van der Waals surface area contributed by atoms with E-state index in [2.05, 4.69) is 17.2 Å². The van der Waals surface area contributed by atoms with Crippen molar-refractivity contribution in [1.29, 1.82) is 0 Å². The molecule has 1 heterocycles. The number of aromatic nitrogens is 2. The van der Waals surface area contributed by atoms with Gasteiger partial charge in [0.05, 0.1) is 19.3 Å². The van der Waals surface area contributed by atoms with E-state index in [1.54, 1.807) is 18.2 Å². The smallest absolute Gasteiger partial charge is 0.170 e. The molecule has 1 N–H and O–H groups in total. The van der Waals surface area contributed by atoms with Crippen molar-refractivity contribution in [1.82, 2.24) is 14.9 Å². The molecule has 0 amide bonds. The highest BCUT2D eigenvalue weighted by Gasteiger charge is 2.12. The number of halogens is 1. The highest BCUT2D eigenvalue weighted by molar-refractivity contribution is 5.31. The molecule has 0 spiro atoms. The first kappa shape index (κ1) is 15.5. The molecule has 0 saturated heterocycles. The topological polar surface area (TPSA) is 39.1 Å². The molecule has 0 atom stereocenters. The molecule has 0 bridgehead atoms. The Labute approximate surface area is 125 Å². The summed E-state index contributed by atoms with van der Waals surface area (Å²) in [7, 11) is 1.48. The molecule has 0 aliphatic rings. The maximum Gasteiger partial charge on any atom is 0.170 e. The predicted molar refractivity (Wildman–Crippen MR) is 81.0 cm³/mol. The number of methoxy groups -OCH3 is 1. The first-order chi connectivity index (χ1) is 10.2. The number of nitrogens with one attached hydrogen (secondary N) is 1. The molecule has 0 unspecified atom stereocenters. The third kappa shape index (κ3) is 3.61. The van der Waals surface area contributed by atoms with Crippen LogP contribution in [0.15, 0.2) is 24.4 Å². The van der Waals surface area contributed by atoms with Gasteiger partial charge in [-0.1, -0.05) is 19.1 Å². The van der Waals surface area contributed by atoms with E-state index in [0.717, 1.165) is 31.0 Å². The van der Waals surface area contributed by atoms with E-state index in [-0.39, 0.29) is 11.6 Å². The second kappa shape index (κ2) is 7.22. The molecular weight excluding hydrogens is 269 g/mol. The largest absolute Gasteiger partial charge is 0.494 e. The number of benzene rings is 1. The highest BCUT2D eigenvalue weighted by atomic mass is 19.1. The minimum absolute atomic E-state index is 0.274. The zero-order valence-corrected chi connectivity index (χ0v) is 12.8. The highest BCUT2D eigenvalue weighted by Crippen LogP contribution is 2.21. The second-order valence-corrected chi connectivity index (χ2v) is 4.99. The molecule has 114 valence electrons. The van der Waals surface area contributed by atoms with Crippen molar-refractivity contribution >= 4 is 0 Å². The first-order valence-electron chi connectivity index (χ1n) is 7.20. The molecule has 0 fully saturated rings. The molecule has 5 heteroatoms. The van der Waals surface area contributed by atoms with Crippen LogP contribution >= 0.6 is 0 Å². The number of ether oxygens (including phenoxy) is 1. The van der Waals surface area contributed by atoms with Gasteiger partial charge >= 0.3 is 0 Å². The summed E-state index contributed by atoms with van der Waals surface area (Å²) in [6, 6.07) is 5.21. The lowest BCUT2D eigenvalue weighted by atomic mass is 10.2. The summed E-state index contributed by atoms with van der Waals surface area (Å²) in [5.74, 6) is 0.849. The molecule has 2 rings (SSSR count). The summed E-state index contributed by atoms with van der Waals surface area (Å²) in [5.41, 5.74) is 1.66. The van der Waals surface area contributed by atoms with E-state index in [0.29, 0.717) is 12.1 Å². The van der Waals surface area contributed by atoms with Gasteiger partial charge in [0.25, 0.3) is 0 Å². The fourth-order valence-corrected chi connectivity index (χ4v) is 2.27. The molecule has 1 aromatic heterocycles. The molecule has 21 heavy (non-hydrogen) atoms. The fraction of sp³-hybridized carbons (Fsp3) is 0.438.